The molecule has 4 nitrogen and oxygen atoms in total. The number of hydrogen-bond donors (Lipinski definition) is 0. The summed E-state index contributed by atoms with van der Waals surface area (Å²) in [4.78, 5) is 4.83. The van der Waals surface area contributed by atoms with Crippen molar-refractivity contribution in [3.8, 4) is 44.8 Å². The normalized spacial score (nSPS) is 11.5. The molecule has 0 aliphatic carbocycles. The van der Waals surface area contributed by atoms with Crippen molar-refractivity contribution in [2.24, 2.45) is 0 Å². The molecule has 0 spiro atoms. The minimum absolute atomic E-state index is 1.12. The predicted octanol–water partition coefficient (Wildman–Crippen LogP) is 26.2. The summed E-state index contributed by atoms with van der Waals surface area (Å²) in [5.41, 5.74) is 21.5. The van der Waals surface area contributed by atoms with Crippen LogP contribution in [0.3, 0.4) is 0 Å². The van der Waals surface area contributed by atoms with Gasteiger partial charge in [-0.3, -0.25) is 0 Å². The van der Waals surface area contributed by atoms with Gasteiger partial charge in [-0.15, -0.1) is 22.7 Å². The van der Waals surface area contributed by atoms with Crippen LogP contribution in [0, 0.1) is 0 Å². The van der Waals surface area contributed by atoms with E-state index in [0.29, 0.717) is 0 Å². The molecule has 0 aliphatic rings. The molecular weight excluding hydrogens is 1200 g/mol. The lowest BCUT2D eigenvalue weighted by Gasteiger charge is -2.26. The molecule has 0 radical (unpaired) electrons. The number of rotatable bonds is 11. The van der Waals surface area contributed by atoms with Gasteiger partial charge < -0.3 is 18.9 Å². The minimum atomic E-state index is 1.12. The summed E-state index contributed by atoms with van der Waals surface area (Å²) in [5.74, 6) is 0. The van der Waals surface area contributed by atoms with Gasteiger partial charge in [-0.25, -0.2) is 0 Å². The number of anilines is 6. The smallest absolute Gasteiger partial charge is 0.0728 e. The van der Waals surface area contributed by atoms with Crippen LogP contribution in [0.25, 0.3) is 129 Å². The Labute approximate surface area is 564 Å². The largest absolute Gasteiger partial charge is 0.309 e. The van der Waals surface area contributed by atoms with Crippen LogP contribution in [0.5, 0.6) is 0 Å². The van der Waals surface area contributed by atoms with Crippen LogP contribution in [0.2, 0.25) is 0 Å². The van der Waals surface area contributed by atoms with E-state index in [9.17, 15) is 0 Å². The topological polar surface area (TPSA) is 16.3 Å². The van der Waals surface area contributed by atoms with Gasteiger partial charge in [0.2, 0.25) is 0 Å². The van der Waals surface area contributed by atoms with Crippen molar-refractivity contribution in [3.05, 3.63) is 364 Å². The van der Waals surface area contributed by atoms with E-state index in [-0.39, 0.29) is 0 Å². The summed E-state index contributed by atoms with van der Waals surface area (Å²) in [6, 6.07) is 131. The highest BCUT2D eigenvalue weighted by atomic mass is 32.1. The Morgan fingerprint density at radius 2 is 0.521 bits per heavy atom. The molecule has 96 heavy (non-hydrogen) atoms. The van der Waals surface area contributed by atoms with Crippen LogP contribution in [-0.2, 0) is 0 Å². The van der Waals surface area contributed by atoms with Crippen molar-refractivity contribution in [3.63, 3.8) is 0 Å². The number of fused-ring (bicyclic) bond motifs is 12. The summed E-state index contributed by atoms with van der Waals surface area (Å²) >= 11 is 3.78. The molecule has 0 fully saturated rings. The van der Waals surface area contributed by atoms with Crippen LogP contribution < -0.4 is 9.80 Å². The van der Waals surface area contributed by atoms with Gasteiger partial charge in [0.25, 0.3) is 0 Å². The molecule has 19 aromatic rings. The van der Waals surface area contributed by atoms with E-state index in [1.54, 1.807) is 0 Å². The molecule has 15 aromatic carbocycles. The molecule has 4 heterocycles. The zero-order valence-electron chi connectivity index (χ0n) is 52.2. The van der Waals surface area contributed by atoms with Crippen LogP contribution in [0.4, 0.5) is 34.1 Å². The Morgan fingerprint density at radius 3 is 0.958 bits per heavy atom. The van der Waals surface area contributed by atoms with Crippen molar-refractivity contribution in [2.45, 2.75) is 0 Å². The molecule has 19 rings (SSSR count). The second kappa shape index (κ2) is 24.1. The van der Waals surface area contributed by atoms with E-state index in [1.807, 2.05) is 22.7 Å². The quantitative estimate of drug-likeness (QED) is 0.128. The number of para-hydroxylation sites is 5. The van der Waals surface area contributed by atoms with E-state index < -0.39 is 0 Å². The standard InChI is InChI=1S/C48H32N2S.C42H28N2S/c1-3-13-33(14-4-1)34-25-29-38(30-26-34)49(39-31-27-36(28-32-39)41-21-11-16-35-15-7-8-19-40(35)41)45-24-12-22-43-46-48(51-47(43)45)42-20-9-10-23-44(42)50(46)37-17-5-2-6-18-37;1-3-15-31(16-4-1)43(33-27-25-30(26-28-33)35-21-11-14-29-13-7-8-19-34(29)35)39-24-12-22-37-40-42(45-41(37)39)36-20-9-10-23-38(36)44(40)32-17-5-2-6-18-32/h1-32H;1-28H. The molecule has 0 atom stereocenters. The first-order chi connectivity index (χ1) is 47.7. The Balaban J connectivity index is 0.000000141. The van der Waals surface area contributed by atoms with E-state index in [2.05, 4.69) is 383 Å². The first-order valence-corrected chi connectivity index (χ1v) is 34.3. The second-order valence-corrected chi connectivity index (χ2v) is 26.4. The lowest BCUT2D eigenvalue weighted by atomic mass is 9.98. The maximum Gasteiger partial charge on any atom is 0.0728 e. The molecule has 0 saturated heterocycles. The van der Waals surface area contributed by atoms with Crippen molar-refractivity contribution in [1.82, 2.24) is 9.13 Å². The van der Waals surface area contributed by atoms with Crippen LogP contribution in [0.1, 0.15) is 0 Å². The lowest BCUT2D eigenvalue weighted by Crippen LogP contribution is -2.10. The molecule has 0 bridgehead atoms. The number of aromatic nitrogens is 2. The van der Waals surface area contributed by atoms with Crippen LogP contribution in [-0.4, -0.2) is 9.13 Å². The summed E-state index contributed by atoms with van der Waals surface area (Å²) in [7, 11) is 0. The SMILES string of the molecule is c1ccc(-c2ccc(N(c3ccc(-c4cccc5ccccc45)cc3)c3cccc4c3sc3c5ccccc5n(-c5ccccc5)c43)cc2)cc1.c1ccc(N(c2ccc(-c3cccc4ccccc34)cc2)c2cccc3c2sc2c4ccccc4n(-c4ccccc4)c32)cc1. The lowest BCUT2D eigenvalue weighted by molar-refractivity contribution is 1.19. The molecule has 0 amide bonds. The van der Waals surface area contributed by atoms with Gasteiger partial charge in [0.05, 0.1) is 52.2 Å². The number of thiophene rings is 2. The highest BCUT2D eigenvalue weighted by molar-refractivity contribution is 7.27. The average Bonchev–Trinajstić information content (AvgIpc) is 1.56. The third-order valence-corrected chi connectivity index (χ3v) is 21.3. The van der Waals surface area contributed by atoms with Crippen molar-refractivity contribution < 1.29 is 0 Å². The minimum Gasteiger partial charge on any atom is -0.309 e. The molecular formula is C90H60N4S2. The van der Waals surface area contributed by atoms with E-state index in [1.165, 1.54) is 140 Å². The Hall–Kier alpha value is -12.1. The van der Waals surface area contributed by atoms with Gasteiger partial charge in [-0.1, -0.05) is 267 Å². The summed E-state index contributed by atoms with van der Waals surface area (Å²) in [6.45, 7) is 0. The monoisotopic (exact) mass is 1260 g/mol. The van der Waals surface area contributed by atoms with Gasteiger partial charge in [-0.05, 0) is 152 Å². The van der Waals surface area contributed by atoms with Gasteiger partial charge in [0.1, 0.15) is 0 Å². The zero-order valence-corrected chi connectivity index (χ0v) is 53.9. The third kappa shape index (κ3) is 9.81. The Kier molecular flexibility index (Phi) is 14.2. The fourth-order valence-electron chi connectivity index (χ4n) is 14.4. The van der Waals surface area contributed by atoms with Gasteiger partial charge in [0, 0.05) is 55.7 Å². The van der Waals surface area contributed by atoms with Crippen LogP contribution >= 0.6 is 22.7 Å². The number of benzene rings is 15. The first-order valence-electron chi connectivity index (χ1n) is 32.6. The van der Waals surface area contributed by atoms with Gasteiger partial charge in [0.15, 0.2) is 0 Å². The zero-order chi connectivity index (χ0) is 63.5. The fraction of sp³-hybridized carbons (Fsp3) is 0. The van der Waals surface area contributed by atoms with Crippen molar-refractivity contribution in [1.29, 1.82) is 0 Å². The van der Waals surface area contributed by atoms with Crippen LogP contribution in [0.15, 0.2) is 364 Å². The average molecular weight is 1260 g/mol. The molecule has 6 heteroatoms. The summed E-state index contributed by atoms with van der Waals surface area (Å²) in [5, 5.41) is 10.1. The fourth-order valence-corrected chi connectivity index (χ4v) is 17.0. The maximum atomic E-state index is 2.44. The molecule has 0 aliphatic heterocycles. The maximum absolute atomic E-state index is 2.44. The molecule has 0 saturated carbocycles. The highest BCUT2D eigenvalue weighted by Gasteiger charge is 2.25. The van der Waals surface area contributed by atoms with E-state index in [0.717, 1.165) is 22.7 Å². The molecule has 0 unspecified atom stereocenters. The van der Waals surface area contributed by atoms with Crippen molar-refractivity contribution >= 4 is 141 Å². The van der Waals surface area contributed by atoms with E-state index >= 15 is 0 Å². The number of hydrogen-bond acceptors (Lipinski definition) is 4. The number of nitrogens with zero attached hydrogens (tertiary/aromatic N) is 4. The third-order valence-electron chi connectivity index (χ3n) is 18.8. The predicted molar refractivity (Wildman–Crippen MR) is 413 cm³/mol. The Morgan fingerprint density at radius 1 is 0.208 bits per heavy atom. The first kappa shape index (κ1) is 56.7. The summed E-state index contributed by atoms with van der Waals surface area (Å²) < 4.78 is 10.0. The van der Waals surface area contributed by atoms with Gasteiger partial charge in [-0.2, -0.15) is 0 Å². The van der Waals surface area contributed by atoms with E-state index in [4.69, 9.17) is 0 Å². The van der Waals surface area contributed by atoms with Crippen molar-refractivity contribution in [2.75, 3.05) is 9.80 Å². The molecule has 0 N–H and O–H groups in total. The summed E-state index contributed by atoms with van der Waals surface area (Å²) in [6.07, 6.45) is 0. The molecule has 4 aromatic heterocycles. The van der Waals surface area contributed by atoms with Gasteiger partial charge >= 0.3 is 0 Å². The second-order valence-electron chi connectivity index (χ2n) is 24.3. The highest BCUT2D eigenvalue weighted by Crippen LogP contribution is 2.51. The molecule has 452 valence electrons. The Bertz CT molecular complexity index is 6040.